The van der Waals surface area contributed by atoms with Crippen molar-refractivity contribution in [2.75, 3.05) is 6.61 Å². The maximum atomic E-state index is 10.7. The van der Waals surface area contributed by atoms with Crippen LogP contribution in [0.15, 0.2) is 0 Å². The average molecular weight is 238 g/mol. The molecule has 7 heteroatoms. The van der Waals surface area contributed by atoms with Gasteiger partial charge in [-0.2, -0.15) is 0 Å². The molecule has 0 saturated heterocycles. The Bertz CT molecular complexity index is 204. The number of ether oxygens (including phenoxy) is 2. The zero-order valence-electron chi connectivity index (χ0n) is 9.24. The van der Waals surface area contributed by atoms with Crippen LogP contribution >= 0.6 is 0 Å². The van der Waals surface area contributed by atoms with Gasteiger partial charge in [-0.25, -0.2) is 4.79 Å². The first-order chi connectivity index (χ1) is 7.40. The number of hydrogen-bond acceptors (Lipinski definition) is 6. The maximum absolute atomic E-state index is 10.7. The fourth-order valence-corrected chi connectivity index (χ4v) is 0.952. The number of hydrogen-bond donors (Lipinski definition) is 4. The predicted octanol–water partition coefficient (Wildman–Crippen LogP) is -1.10. The van der Waals surface area contributed by atoms with Gasteiger partial charge in [-0.1, -0.05) is 6.92 Å². The molecule has 0 aliphatic heterocycles. The molecule has 0 aliphatic rings. The number of aliphatic hydroxyl groups excluding tert-OH is 2. The summed E-state index contributed by atoms with van der Waals surface area (Å²) in [7, 11) is 0. The number of aliphatic hydroxyl groups is 3. The minimum Gasteiger partial charge on any atom is -0.479 e. The molecule has 0 aromatic rings. The Morgan fingerprint density at radius 3 is 2.19 bits per heavy atom. The van der Waals surface area contributed by atoms with Gasteiger partial charge in [-0.3, -0.25) is 0 Å². The SMILES string of the molecule is CCCOC(OC(C(=O)O)C(C)O)C(O)O. The molecule has 0 heterocycles. The van der Waals surface area contributed by atoms with E-state index in [0.29, 0.717) is 6.42 Å². The second-order valence-corrected chi connectivity index (χ2v) is 3.29. The Balaban J connectivity index is 4.39. The van der Waals surface area contributed by atoms with E-state index in [0.717, 1.165) is 0 Å². The first kappa shape index (κ1) is 15.3. The zero-order valence-corrected chi connectivity index (χ0v) is 9.24. The standard InChI is InChI=1S/C9H18O7/c1-3-4-15-9(8(13)14)16-6(5(2)10)7(11)12/h5-6,8-10,13-14H,3-4H2,1-2H3,(H,11,12). The van der Waals surface area contributed by atoms with Crippen LogP contribution in [-0.4, -0.2) is 57.8 Å². The molecule has 0 aliphatic carbocycles. The fourth-order valence-electron chi connectivity index (χ4n) is 0.952. The van der Waals surface area contributed by atoms with Crippen LogP contribution in [0.3, 0.4) is 0 Å². The van der Waals surface area contributed by atoms with E-state index < -0.39 is 30.8 Å². The Hall–Kier alpha value is -0.730. The van der Waals surface area contributed by atoms with Crippen LogP contribution in [0.25, 0.3) is 0 Å². The zero-order chi connectivity index (χ0) is 12.7. The van der Waals surface area contributed by atoms with E-state index in [1.54, 1.807) is 6.92 Å². The minimum atomic E-state index is -1.97. The molecule has 0 radical (unpaired) electrons. The van der Waals surface area contributed by atoms with Crippen LogP contribution in [0.1, 0.15) is 20.3 Å². The third-order valence-corrected chi connectivity index (χ3v) is 1.69. The summed E-state index contributed by atoms with van der Waals surface area (Å²) in [5, 5.41) is 35.6. The molecule has 0 fully saturated rings. The van der Waals surface area contributed by atoms with E-state index >= 15 is 0 Å². The van der Waals surface area contributed by atoms with E-state index in [1.807, 2.05) is 0 Å². The van der Waals surface area contributed by atoms with Crippen molar-refractivity contribution in [3.05, 3.63) is 0 Å². The number of rotatable bonds is 8. The normalized spacial score (nSPS) is 17.1. The molecule has 0 bridgehead atoms. The molecule has 0 aromatic heterocycles. The van der Waals surface area contributed by atoms with E-state index in [-0.39, 0.29) is 6.61 Å². The van der Waals surface area contributed by atoms with Crippen molar-refractivity contribution in [3.8, 4) is 0 Å². The van der Waals surface area contributed by atoms with E-state index in [1.165, 1.54) is 6.92 Å². The third-order valence-electron chi connectivity index (χ3n) is 1.69. The van der Waals surface area contributed by atoms with Crippen molar-refractivity contribution < 1.29 is 34.7 Å². The molecule has 3 unspecified atom stereocenters. The van der Waals surface area contributed by atoms with Crippen molar-refractivity contribution in [1.29, 1.82) is 0 Å². The van der Waals surface area contributed by atoms with Crippen LogP contribution in [0.2, 0.25) is 0 Å². The summed E-state index contributed by atoms with van der Waals surface area (Å²) in [5.41, 5.74) is 0. The van der Waals surface area contributed by atoms with Gasteiger partial charge >= 0.3 is 5.97 Å². The highest BCUT2D eigenvalue weighted by Crippen LogP contribution is 2.08. The lowest BCUT2D eigenvalue weighted by molar-refractivity contribution is -0.276. The molecule has 16 heavy (non-hydrogen) atoms. The first-order valence-corrected chi connectivity index (χ1v) is 4.94. The molecule has 7 nitrogen and oxygen atoms in total. The average Bonchev–Trinajstić information content (AvgIpc) is 2.16. The summed E-state index contributed by atoms with van der Waals surface area (Å²) >= 11 is 0. The molecule has 0 aromatic carbocycles. The van der Waals surface area contributed by atoms with Gasteiger partial charge in [0.25, 0.3) is 0 Å². The highest BCUT2D eigenvalue weighted by molar-refractivity contribution is 5.73. The summed E-state index contributed by atoms with van der Waals surface area (Å²) in [4.78, 5) is 10.7. The molecule has 0 rings (SSSR count). The topological polar surface area (TPSA) is 116 Å². The van der Waals surface area contributed by atoms with Crippen molar-refractivity contribution in [1.82, 2.24) is 0 Å². The molecule has 0 saturated carbocycles. The van der Waals surface area contributed by atoms with E-state index in [2.05, 4.69) is 0 Å². The van der Waals surface area contributed by atoms with Gasteiger partial charge in [-0.05, 0) is 13.3 Å². The summed E-state index contributed by atoms with van der Waals surface area (Å²) in [6.07, 6.45) is -5.70. The monoisotopic (exact) mass is 238 g/mol. The van der Waals surface area contributed by atoms with Crippen LogP contribution in [0.4, 0.5) is 0 Å². The molecule has 96 valence electrons. The predicted molar refractivity (Wildman–Crippen MR) is 52.4 cm³/mol. The van der Waals surface area contributed by atoms with Crippen LogP contribution < -0.4 is 0 Å². The third kappa shape index (κ3) is 5.38. The Labute approximate surface area is 93.2 Å². The summed E-state index contributed by atoms with van der Waals surface area (Å²) in [6.45, 7) is 3.21. The van der Waals surface area contributed by atoms with Crippen molar-refractivity contribution in [2.45, 2.75) is 45.1 Å². The number of carboxylic acid groups (broad SMARTS) is 1. The first-order valence-electron chi connectivity index (χ1n) is 4.94. The van der Waals surface area contributed by atoms with Crippen molar-refractivity contribution in [3.63, 3.8) is 0 Å². The van der Waals surface area contributed by atoms with Gasteiger partial charge in [0.1, 0.15) is 0 Å². The van der Waals surface area contributed by atoms with Gasteiger partial charge in [0.15, 0.2) is 6.10 Å². The summed E-state index contributed by atoms with van der Waals surface area (Å²) < 4.78 is 9.65. The van der Waals surface area contributed by atoms with Crippen LogP contribution in [0, 0.1) is 0 Å². The van der Waals surface area contributed by atoms with Crippen molar-refractivity contribution in [2.24, 2.45) is 0 Å². The Kier molecular flexibility index (Phi) is 7.18. The molecule has 0 spiro atoms. The smallest absolute Gasteiger partial charge is 0.335 e. The highest BCUT2D eigenvalue weighted by Gasteiger charge is 2.30. The fraction of sp³-hybridized carbons (Fsp3) is 0.889. The van der Waals surface area contributed by atoms with Gasteiger partial charge in [-0.15, -0.1) is 0 Å². The quantitative estimate of drug-likeness (QED) is 0.396. The lowest BCUT2D eigenvalue weighted by atomic mass is 10.2. The maximum Gasteiger partial charge on any atom is 0.335 e. The molecular weight excluding hydrogens is 220 g/mol. The molecule has 4 N–H and O–H groups in total. The van der Waals surface area contributed by atoms with Crippen molar-refractivity contribution >= 4 is 5.97 Å². The van der Waals surface area contributed by atoms with E-state index in [9.17, 15) is 4.79 Å². The van der Waals surface area contributed by atoms with Crippen LogP contribution in [0.5, 0.6) is 0 Å². The minimum absolute atomic E-state index is 0.189. The summed E-state index contributed by atoms with van der Waals surface area (Å²) in [5.74, 6) is -1.40. The Morgan fingerprint density at radius 1 is 1.31 bits per heavy atom. The van der Waals surface area contributed by atoms with Gasteiger partial charge in [0, 0.05) is 6.61 Å². The molecule has 0 amide bonds. The number of carbonyl (C=O) groups is 1. The van der Waals surface area contributed by atoms with Gasteiger partial charge < -0.3 is 29.9 Å². The van der Waals surface area contributed by atoms with Crippen LogP contribution in [-0.2, 0) is 14.3 Å². The molecular formula is C9H18O7. The van der Waals surface area contributed by atoms with Gasteiger partial charge in [0.05, 0.1) is 6.10 Å². The second-order valence-electron chi connectivity index (χ2n) is 3.29. The van der Waals surface area contributed by atoms with E-state index in [4.69, 9.17) is 29.9 Å². The largest absolute Gasteiger partial charge is 0.479 e. The lowest BCUT2D eigenvalue weighted by Crippen LogP contribution is -2.43. The number of carboxylic acids is 1. The Morgan fingerprint density at radius 2 is 1.88 bits per heavy atom. The lowest BCUT2D eigenvalue weighted by Gasteiger charge is -2.25. The highest BCUT2D eigenvalue weighted by atomic mass is 16.7. The second kappa shape index (κ2) is 7.53. The summed E-state index contributed by atoms with van der Waals surface area (Å²) in [6, 6.07) is 0. The van der Waals surface area contributed by atoms with Gasteiger partial charge in [0.2, 0.25) is 12.6 Å². The number of aliphatic carboxylic acids is 1. The molecule has 3 atom stereocenters.